The summed E-state index contributed by atoms with van der Waals surface area (Å²) in [6, 6.07) is 10.8. The van der Waals surface area contributed by atoms with Crippen LogP contribution in [-0.4, -0.2) is 42.8 Å². The molecule has 0 radical (unpaired) electrons. The summed E-state index contributed by atoms with van der Waals surface area (Å²) >= 11 is 0. The average molecular weight is 450 g/mol. The van der Waals surface area contributed by atoms with Crippen molar-refractivity contribution in [1.29, 1.82) is 0 Å². The molecule has 2 unspecified atom stereocenters. The summed E-state index contributed by atoms with van der Waals surface area (Å²) in [5, 5.41) is 9.16. The van der Waals surface area contributed by atoms with Crippen molar-refractivity contribution >= 4 is 5.82 Å². The first kappa shape index (κ1) is 22.1. The second-order valence-electron chi connectivity index (χ2n) is 9.58. The van der Waals surface area contributed by atoms with Gasteiger partial charge in [-0.25, -0.2) is 14.3 Å². The molecule has 1 aliphatic heterocycles. The topological polar surface area (TPSA) is 120 Å². The van der Waals surface area contributed by atoms with E-state index in [1.165, 1.54) is 5.56 Å². The molecule has 0 amide bonds. The third kappa shape index (κ3) is 3.95. The summed E-state index contributed by atoms with van der Waals surface area (Å²) in [6.45, 7) is 4.96. The highest BCUT2D eigenvalue weighted by molar-refractivity contribution is 5.52. The molecule has 1 saturated carbocycles. The molecule has 176 valence electrons. The number of hydrogen-bond acceptors (Lipinski definition) is 7. The van der Waals surface area contributed by atoms with E-state index in [-0.39, 0.29) is 12.3 Å². The van der Waals surface area contributed by atoms with Crippen LogP contribution in [0.15, 0.2) is 48.9 Å². The van der Waals surface area contributed by atoms with Crippen LogP contribution in [0.25, 0.3) is 5.69 Å². The summed E-state index contributed by atoms with van der Waals surface area (Å²) < 4.78 is 3.83. The zero-order valence-corrected chi connectivity index (χ0v) is 19.5. The molecular formula is C24H35N9. The van der Waals surface area contributed by atoms with E-state index in [9.17, 15) is 0 Å². The summed E-state index contributed by atoms with van der Waals surface area (Å²) in [5.74, 6) is 1.38. The number of rotatable bonds is 5. The van der Waals surface area contributed by atoms with Gasteiger partial charge in [-0.15, -0.1) is 0 Å². The van der Waals surface area contributed by atoms with E-state index < -0.39 is 6.29 Å². The minimum Gasteiger partial charge on any atom is -0.328 e. The molecule has 5 rings (SSSR count). The second-order valence-corrected chi connectivity index (χ2v) is 9.58. The largest absolute Gasteiger partial charge is 0.328 e. The van der Waals surface area contributed by atoms with Crippen LogP contribution in [0.1, 0.15) is 62.9 Å². The SMILES string of the molecule is CC(C)c1cnn2c1N(C1CCC(N)CC1)C(N)N(Cc1ccccc1-n1cccn1)C2N. The Labute approximate surface area is 195 Å². The number of benzene rings is 1. The maximum absolute atomic E-state index is 7.02. The lowest BCUT2D eigenvalue weighted by Gasteiger charge is -2.50. The fraction of sp³-hybridized carbons (Fsp3) is 0.500. The number of aromatic nitrogens is 4. The minimum atomic E-state index is -0.463. The van der Waals surface area contributed by atoms with E-state index in [0.717, 1.165) is 42.8 Å². The van der Waals surface area contributed by atoms with Gasteiger partial charge in [0.15, 0.2) is 6.29 Å². The molecule has 2 aliphatic rings. The first-order valence-corrected chi connectivity index (χ1v) is 11.9. The fourth-order valence-corrected chi connectivity index (χ4v) is 5.25. The molecule has 0 spiro atoms. The normalized spacial score (nSPS) is 26.1. The van der Waals surface area contributed by atoms with Crippen molar-refractivity contribution in [3.05, 3.63) is 60.0 Å². The first-order valence-electron chi connectivity index (χ1n) is 11.9. The highest BCUT2D eigenvalue weighted by atomic mass is 15.6. The van der Waals surface area contributed by atoms with Crippen LogP contribution in [0, 0.1) is 0 Å². The van der Waals surface area contributed by atoms with Crippen molar-refractivity contribution in [2.75, 3.05) is 4.90 Å². The van der Waals surface area contributed by atoms with Gasteiger partial charge in [0.05, 0.1) is 11.9 Å². The molecule has 9 heteroatoms. The summed E-state index contributed by atoms with van der Waals surface area (Å²) in [5.41, 5.74) is 23.4. The van der Waals surface area contributed by atoms with Crippen LogP contribution in [0.2, 0.25) is 0 Å². The standard InChI is InChI=1S/C24H35N9/c1-16(2)20-14-29-33-22(20)32(19-10-8-18(25)9-11-19)23(26)30(24(33)27)15-17-6-3-4-7-21(17)31-13-5-12-28-31/h3-7,12-14,16,18-19,23-24H,8-11,15,25-27H2,1-2H3. The van der Waals surface area contributed by atoms with Crippen molar-refractivity contribution in [1.82, 2.24) is 24.5 Å². The van der Waals surface area contributed by atoms with E-state index in [1.807, 2.05) is 40.0 Å². The van der Waals surface area contributed by atoms with Crippen molar-refractivity contribution in [3.8, 4) is 5.69 Å². The minimum absolute atomic E-state index is 0.274. The predicted molar refractivity (Wildman–Crippen MR) is 129 cm³/mol. The van der Waals surface area contributed by atoms with E-state index in [1.54, 1.807) is 6.20 Å². The zero-order valence-electron chi connectivity index (χ0n) is 19.5. The van der Waals surface area contributed by atoms with Crippen LogP contribution in [0.3, 0.4) is 0 Å². The first-order chi connectivity index (χ1) is 16.0. The third-order valence-electron chi connectivity index (χ3n) is 7.11. The van der Waals surface area contributed by atoms with Crippen LogP contribution < -0.4 is 22.1 Å². The van der Waals surface area contributed by atoms with Gasteiger partial charge in [-0.1, -0.05) is 32.0 Å². The molecule has 3 aromatic rings. The van der Waals surface area contributed by atoms with Gasteiger partial charge in [-0.2, -0.15) is 10.2 Å². The molecule has 1 fully saturated rings. The van der Waals surface area contributed by atoms with E-state index in [0.29, 0.717) is 18.5 Å². The maximum atomic E-state index is 7.02. The predicted octanol–water partition coefficient (Wildman–Crippen LogP) is 2.44. The highest BCUT2D eigenvalue weighted by Gasteiger charge is 2.42. The smallest absolute Gasteiger partial charge is 0.160 e. The van der Waals surface area contributed by atoms with Crippen molar-refractivity contribution in [2.24, 2.45) is 17.2 Å². The number of anilines is 1. The van der Waals surface area contributed by atoms with Crippen LogP contribution >= 0.6 is 0 Å². The molecular weight excluding hydrogens is 414 g/mol. The molecule has 2 atom stereocenters. The van der Waals surface area contributed by atoms with Crippen molar-refractivity contribution < 1.29 is 0 Å². The molecule has 3 heterocycles. The van der Waals surface area contributed by atoms with E-state index in [4.69, 9.17) is 22.3 Å². The Morgan fingerprint density at radius 3 is 2.42 bits per heavy atom. The number of para-hydroxylation sites is 1. The number of nitrogens with zero attached hydrogens (tertiary/aromatic N) is 6. The zero-order chi connectivity index (χ0) is 23.1. The van der Waals surface area contributed by atoms with Gasteiger partial charge in [0.25, 0.3) is 0 Å². The molecule has 0 bridgehead atoms. The lowest BCUT2D eigenvalue weighted by Crippen LogP contribution is -2.65. The monoisotopic (exact) mass is 449 g/mol. The molecule has 33 heavy (non-hydrogen) atoms. The number of hydrogen-bond donors (Lipinski definition) is 3. The van der Waals surface area contributed by atoms with Gasteiger partial charge in [-0.3, -0.25) is 11.5 Å². The van der Waals surface area contributed by atoms with Gasteiger partial charge in [0.2, 0.25) is 0 Å². The van der Waals surface area contributed by atoms with Crippen LogP contribution in [-0.2, 0) is 6.54 Å². The Bertz CT molecular complexity index is 1070. The van der Waals surface area contributed by atoms with Crippen molar-refractivity contribution in [3.63, 3.8) is 0 Å². The van der Waals surface area contributed by atoms with Crippen molar-refractivity contribution in [2.45, 2.75) is 76.7 Å². The Morgan fingerprint density at radius 2 is 1.73 bits per heavy atom. The summed E-state index contributed by atoms with van der Waals surface area (Å²) in [7, 11) is 0. The molecule has 2 aromatic heterocycles. The van der Waals surface area contributed by atoms with Gasteiger partial charge >= 0.3 is 0 Å². The molecule has 1 aliphatic carbocycles. The van der Waals surface area contributed by atoms with Gasteiger partial charge < -0.3 is 10.6 Å². The summed E-state index contributed by atoms with van der Waals surface area (Å²) in [4.78, 5) is 4.48. The Kier molecular flexibility index (Phi) is 5.96. The highest BCUT2D eigenvalue weighted by Crippen LogP contribution is 2.39. The fourth-order valence-electron chi connectivity index (χ4n) is 5.25. The Balaban J connectivity index is 1.53. The average Bonchev–Trinajstić information content (AvgIpc) is 3.49. The van der Waals surface area contributed by atoms with E-state index in [2.05, 4.69) is 40.9 Å². The lowest BCUT2D eigenvalue weighted by atomic mass is 9.90. The molecule has 9 nitrogen and oxygen atoms in total. The third-order valence-corrected chi connectivity index (χ3v) is 7.11. The number of fused-ring (bicyclic) bond motifs is 1. The summed E-state index contributed by atoms with van der Waals surface area (Å²) in [6.07, 6.45) is 8.91. The van der Waals surface area contributed by atoms with E-state index >= 15 is 0 Å². The second kappa shape index (κ2) is 8.90. The lowest BCUT2D eigenvalue weighted by molar-refractivity contribution is 0.0439. The van der Waals surface area contributed by atoms with Crippen LogP contribution in [0.5, 0.6) is 0 Å². The number of nitrogens with two attached hydrogens (primary N) is 3. The van der Waals surface area contributed by atoms with Crippen LogP contribution in [0.4, 0.5) is 5.82 Å². The maximum Gasteiger partial charge on any atom is 0.160 e. The molecule has 0 saturated heterocycles. The van der Waals surface area contributed by atoms with Gasteiger partial charge in [-0.05, 0) is 49.3 Å². The molecule has 1 aromatic carbocycles. The van der Waals surface area contributed by atoms with Gasteiger partial charge in [0.1, 0.15) is 12.1 Å². The van der Waals surface area contributed by atoms with Gasteiger partial charge in [0, 0.05) is 36.6 Å². The Morgan fingerprint density at radius 1 is 0.970 bits per heavy atom. The molecule has 6 N–H and O–H groups in total. The quantitative estimate of drug-likeness (QED) is 0.547. The Hall–Kier alpha value is -2.72.